The van der Waals surface area contributed by atoms with Gasteiger partial charge in [-0.3, -0.25) is 14.3 Å². The van der Waals surface area contributed by atoms with Crippen LogP contribution in [0.25, 0.3) is 0 Å². The van der Waals surface area contributed by atoms with Crippen LogP contribution in [0.5, 0.6) is 0 Å². The number of carboxylic acids is 1. The van der Waals surface area contributed by atoms with Crippen molar-refractivity contribution in [1.29, 1.82) is 0 Å². The van der Waals surface area contributed by atoms with E-state index in [0.29, 0.717) is 4.57 Å². The normalized spacial score (nSPS) is 29.5. The second kappa shape index (κ2) is 5.98. The zero-order valence-corrected chi connectivity index (χ0v) is 11.0. The third kappa shape index (κ3) is 2.67. The molecule has 2 unspecified atom stereocenters. The second-order valence-electron chi connectivity index (χ2n) is 4.72. The molecule has 2 rings (SSSR count). The minimum absolute atomic E-state index is 0.628. The predicted octanol–water partition coefficient (Wildman–Crippen LogP) is -3.73. The van der Waals surface area contributed by atoms with Gasteiger partial charge in [0.15, 0.2) is 12.3 Å². The van der Waals surface area contributed by atoms with Crippen LogP contribution in [0.2, 0.25) is 0 Å². The Morgan fingerprint density at radius 2 is 2.00 bits per heavy atom. The fraction of sp³-hybridized carbons (Fsp3) is 0.545. The molecule has 0 aliphatic carbocycles. The van der Waals surface area contributed by atoms with Crippen molar-refractivity contribution in [1.82, 2.24) is 9.55 Å². The number of hydrogen-bond acceptors (Lipinski definition) is 8. The molecule has 6 N–H and O–H groups in total. The summed E-state index contributed by atoms with van der Waals surface area (Å²) in [6.07, 6.45) is -7.17. The van der Waals surface area contributed by atoms with Gasteiger partial charge in [-0.05, 0) is 0 Å². The molecule has 1 aromatic rings. The van der Waals surface area contributed by atoms with Gasteiger partial charge in [-0.2, -0.15) is 0 Å². The lowest BCUT2D eigenvalue weighted by molar-refractivity contribution is -0.147. The number of hydrogen-bond donors (Lipinski definition) is 6. The van der Waals surface area contributed by atoms with Crippen molar-refractivity contribution in [3.63, 3.8) is 0 Å². The topological polar surface area (TPSA) is 182 Å². The van der Waals surface area contributed by atoms with Crippen molar-refractivity contribution in [2.75, 3.05) is 6.61 Å². The van der Waals surface area contributed by atoms with Crippen LogP contribution < -0.4 is 11.2 Å². The van der Waals surface area contributed by atoms with Crippen LogP contribution in [0, 0.1) is 0 Å². The minimum atomic E-state index is -2.19. The Morgan fingerprint density at radius 1 is 1.36 bits per heavy atom. The van der Waals surface area contributed by atoms with Crippen LogP contribution in [0.15, 0.2) is 15.8 Å². The first-order valence-electron chi connectivity index (χ1n) is 6.16. The molecule has 0 radical (unpaired) electrons. The van der Waals surface area contributed by atoms with E-state index in [1.807, 2.05) is 0 Å². The monoisotopic (exact) mass is 318 g/mol. The first kappa shape index (κ1) is 16.3. The summed E-state index contributed by atoms with van der Waals surface area (Å²) in [7, 11) is 0. The lowest BCUT2D eigenvalue weighted by atomic mass is 10.1. The highest BCUT2D eigenvalue weighted by molar-refractivity contribution is 5.73. The highest BCUT2D eigenvalue weighted by Gasteiger charge is 2.44. The molecule has 0 bridgehead atoms. The van der Waals surface area contributed by atoms with E-state index in [9.17, 15) is 29.7 Å². The average Bonchev–Trinajstić information content (AvgIpc) is 2.74. The van der Waals surface area contributed by atoms with Gasteiger partial charge in [0.25, 0.3) is 5.56 Å². The highest BCUT2D eigenvalue weighted by Crippen LogP contribution is 2.28. The Hall–Kier alpha value is -2.05. The van der Waals surface area contributed by atoms with Gasteiger partial charge in [0, 0.05) is 6.20 Å². The van der Waals surface area contributed by atoms with E-state index in [1.54, 1.807) is 4.98 Å². The minimum Gasteiger partial charge on any atom is -0.479 e. The van der Waals surface area contributed by atoms with Gasteiger partial charge in [0.05, 0.1) is 12.2 Å². The number of aliphatic hydroxyl groups is 4. The summed E-state index contributed by atoms with van der Waals surface area (Å²) in [6.45, 7) is -0.628. The molecule has 11 heteroatoms. The van der Waals surface area contributed by atoms with Crippen molar-refractivity contribution >= 4 is 5.97 Å². The summed E-state index contributed by atoms with van der Waals surface area (Å²) in [5.74, 6) is -1.71. The zero-order valence-electron chi connectivity index (χ0n) is 11.0. The van der Waals surface area contributed by atoms with Crippen molar-refractivity contribution in [3.8, 4) is 0 Å². The second-order valence-corrected chi connectivity index (χ2v) is 4.72. The molecule has 0 spiro atoms. The van der Waals surface area contributed by atoms with Gasteiger partial charge < -0.3 is 30.3 Å². The summed E-state index contributed by atoms with van der Waals surface area (Å²) in [5.41, 5.74) is -2.80. The number of nitrogens with one attached hydrogen (secondary N) is 1. The summed E-state index contributed by atoms with van der Waals surface area (Å²) in [4.78, 5) is 35.8. The number of aromatic amines is 1. The number of carbonyl (C=O) groups is 1. The van der Waals surface area contributed by atoms with E-state index < -0.39 is 60.0 Å². The molecule has 11 nitrogen and oxygen atoms in total. The Bertz CT molecular complexity index is 681. The third-order valence-electron chi connectivity index (χ3n) is 3.32. The van der Waals surface area contributed by atoms with Gasteiger partial charge in [-0.15, -0.1) is 0 Å². The first-order valence-corrected chi connectivity index (χ1v) is 6.16. The maximum absolute atomic E-state index is 11.8. The molecular formula is C11H14N2O9. The van der Waals surface area contributed by atoms with Crippen molar-refractivity contribution in [2.24, 2.45) is 0 Å². The quantitative estimate of drug-likeness (QED) is 0.325. The molecule has 1 aromatic heterocycles. The van der Waals surface area contributed by atoms with Crippen LogP contribution in [-0.4, -0.2) is 66.0 Å². The maximum Gasteiger partial charge on any atom is 0.337 e. The summed E-state index contributed by atoms with van der Waals surface area (Å²) in [5, 5.41) is 46.6. The van der Waals surface area contributed by atoms with Crippen molar-refractivity contribution in [2.45, 2.75) is 30.6 Å². The SMILES string of the molecule is O=C(O)C(O)c1cn(C2O[C@H](CO)[C@@H](O)[C@H]2O)c(=O)[nH]c1=O. The van der Waals surface area contributed by atoms with Gasteiger partial charge in [0.2, 0.25) is 0 Å². The lowest BCUT2D eigenvalue weighted by Crippen LogP contribution is -2.39. The van der Waals surface area contributed by atoms with E-state index >= 15 is 0 Å². The van der Waals surface area contributed by atoms with Crippen LogP contribution in [0.4, 0.5) is 0 Å². The summed E-state index contributed by atoms with van der Waals surface area (Å²) >= 11 is 0. The molecule has 0 amide bonds. The number of aliphatic carboxylic acids is 1. The molecule has 0 saturated carbocycles. The molecule has 5 atom stereocenters. The van der Waals surface area contributed by atoms with Gasteiger partial charge in [0.1, 0.15) is 18.3 Å². The van der Waals surface area contributed by atoms with Gasteiger partial charge in [-0.1, -0.05) is 0 Å². The van der Waals surface area contributed by atoms with E-state index in [1.165, 1.54) is 0 Å². The number of rotatable bonds is 4. The van der Waals surface area contributed by atoms with Crippen molar-refractivity contribution in [3.05, 3.63) is 32.6 Å². The average molecular weight is 318 g/mol. The third-order valence-corrected chi connectivity index (χ3v) is 3.32. The van der Waals surface area contributed by atoms with E-state index in [2.05, 4.69) is 0 Å². The predicted molar refractivity (Wildman–Crippen MR) is 66.9 cm³/mol. The summed E-state index contributed by atoms with van der Waals surface area (Å²) < 4.78 is 5.73. The molecule has 1 aliphatic rings. The standard InChI is InChI=1S/C11H14N2O9/c14-2-4-6(16)7(17)9(22-4)13-1-3(5(15)10(19)20)8(18)12-11(13)21/h1,4-7,9,14-17H,2H2,(H,19,20)(H,12,18,21)/t4-,5?,6-,7-,9?/m1/s1. The van der Waals surface area contributed by atoms with Crippen LogP contribution in [0.3, 0.4) is 0 Å². The Balaban J connectivity index is 2.48. The van der Waals surface area contributed by atoms with E-state index in [4.69, 9.17) is 14.9 Å². The molecule has 0 aromatic carbocycles. The Morgan fingerprint density at radius 3 is 2.50 bits per heavy atom. The number of aromatic nitrogens is 2. The molecule has 122 valence electrons. The number of H-pyrrole nitrogens is 1. The number of nitrogens with zero attached hydrogens (tertiary/aromatic N) is 1. The van der Waals surface area contributed by atoms with E-state index in [0.717, 1.165) is 6.20 Å². The smallest absolute Gasteiger partial charge is 0.337 e. The summed E-state index contributed by atoms with van der Waals surface area (Å²) in [6, 6.07) is 0. The molecule has 2 heterocycles. The number of aliphatic hydroxyl groups excluding tert-OH is 4. The molecule has 22 heavy (non-hydrogen) atoms. The van der Waals surface area contributed by atoms with Crippen LogP contribution in [0.1, 0.15) is 17.9 Å². The number of carboxylic acid groups (broad SMARTS) is 1. The first-order chi connectivity index (χ1) is 10.3. The fourth-order valence-corrected chi connectivity index (χ4v) is 2.13. The largest absolute Gasteiger partial charge is 0.479 e. The molecule has 1 aliphatic heterocycles. The highest BCUT2D eigenvalue weighted by atomic mass is 16.6. The van der Waals surface area contributed by atoms with Crippen molar-refractivity contribution < 1.29 is 35.1 Å². The van der Waals surface area contributed by atoms with E-state index in [-0.39, 0.29) is 0 Å². The molecule has 1 saturated heterocycles. The zero-order chi connectivity index (χ0) is 16.6. The Labute approximate surface area is 121 Å². The fourth-order valence-electron chi connectivity index (χ4n) is 2.13. The maximum atomic E-state index is 11.8. The van der Waals surface area contributed by atoms with Crippen LogP contribution in [-0.2, 0) is 9.53 Å². The Kier molecular flexibility index (Phi) is 4.44. The molecular weight excluding hydrogens is 304 g/mol. The number of ether oxygens (including phenoxy) is 1. The molecule has 1 fully saturated rings. The van der Waals surface area contributed by atoms with Crippen LogP contribution >= 0.6 is 0 Å². The van der Waals surface area contributed by atoms with Gasteiger partial charge >= 0.3 is 11.7 Å². The lowest BCUT2D eigenvalue weighted by Gasteiger charge is -2.18. The van der Waals surface area contributed by atoms with Gasteiger partial charge in [-0.25, -0.2) is 9.59 Å².